The molecule has 0 radical (unpaired) electrons. The first kappa shape index (κ1) is 12.5. The molecule has 5 heteroatoms. The zero-order chi connectivity index (χ0) is 13.1. The average molecular weight is 265 g/mol. The fraction of sp³-hybridized carbons (Fsp3) is 0.0769. The lowest BCUT2D eigenvalue weighted by molar-refractivity contribution is 0.102. The normalized spacial score (nSPS) is 10.2. The van der Waals surface area contributed by atoms with Crippen LogP contribution in [0.3, 0.4) is 0 Å². The number of hydrogen-bond acceptors (Lipinski definition) is 2. The maximum atomic E-state index is 13.1. The molecule has 0 spiro atoms. The largest absolute Gasteiger partial charge is 0.321 e. The summed E-state index contributed by atoms with van der Waals surface area (Å²) in [6.07, 6.45) is 1.45. The first-order valence-electron chi connectivity index (χ1n) is 5.25. The molecule has 1 amide bonds. The van der Waals surface area contributed by atoms with Crippen LogP contribution in [0.15, 0.2) is 36.5 Å². The van der Waals surface area contributed by atoms with Crippen molar-refractivity contribution < 1.29 is 9.18 Å². The van der Waals surface area contributed by atoms with Gasteiger partial charge < -0.3 is 5.32 Å². The lowest BCUT2D eigenvalue weighted by atomic mass is 10.2. The molecule has 0 bridgehead atoms. The van der Waals surface area contributed by atoms with Crippen molar-refractivity contribution in [1.82, 2.24) is 4.98 Å². The number of benzene rings is 1. The maximum absolute atomic E-state index is 13.1. The Bertz CT molecular complexity index is 601. The number of rotatable bonds is 2. The molecule has 2 rings (SSSR count). The van der Waals surface area contributed by atoms with Gasteiger partial charge in [0.2, 0.25) is 0 Å². The summed E-state index contributed by atoms with van der Waals surface area (Å²) in [5.41, 5.74) is 1.19. The van der Waals surface area contributed by atoms with Crippen molar-refractivity contribution in [1.29, 1.82) is 0 Å². The zero-order valence-corrected chi connectivity index (χ0v) is 10.3. The summed E-state index contributed by atoms with van der Waals surface area (Å²) in [5.74, 6) is -0.697. The molecule has 0 fully saturated rings. The van der Waals surface area contributed by atoms with E-state index in [1.54, 1.807) is 19.1 Å². The molecular formula is C13H10ClFN2O. The Morgan fingerprint density at radius 1 is 1.33 bits per heavy atom. The monoisotopic (exact) mass is 264 g/mol. The zero-order valence-electron chi connectivity index (χ0n) is 9.58. The first-order valence-corrected chi connectivity index (χ1v) is 5.63. The van der Waals surface area contributed by atoms with Crippen molar-refractivity contribution in [3.63, 3.8) is 0 Å². The first-order chi connectivity index (χ1) is 8.56. The van der Waals surface area contributed by atoms with Crippen molar-refractivity contribution in [2.24, 2.45) is 0 Å². The van der Waals surface area contributed by atoms with Crippen molar-refractivity contribution >= 4 is 23.2 Å². The minimum absolute atomic E-state index is 0.212. The molecule has 1 heterocycles. The number of carbonyl (C=O) groups is 1. The molecule has 1 aromatic carbocycles. The highest BCUT2D eigenvalue weighted by atomic mass is 35.5. The van der Waals surface area contributed by atoms with E-state index in [9.17, 15) is 9.18 Å². The van der Waals surface area contributed by atoms with Crippen LogP contribution in [0.5, 0.6) is 0 Å². The number of halogens is 2. The summed E-state index contributed by atoms with van der Waals surface area (Å²) in [5, 5.41) is 3.06. The Morgan fingerprint density at radius 3 is 2.78 bits per heavy atom. The van der Waals surface area contributed by atoms with Gasteiger partial charge in [-0.1, -0.05) is 11.6 Å². The van der Waals surface area contributed by atoms with Crippen LogP contribution in [0.25, 0.3) is 0 Å². The molecule has 18 heavy (non-hydrogen) atoms. The topological polar surface area (TPSA) is 42.0 Å². The average Bonchev–Trinajstić information content (AvgIpc) is 2.34. The van der Waals surface area contributed by atoms with E-state index in [0.29, 0.717) is 16.3 Å². The van der Waals surface area contributed by atoms with E-state index in [4.69, 9.17) is 11.6 Å². The third kappa shape index (κ3) is 2.84. The SMILES string of the molecule is Cc1cc(NC(=O)c2cc(Cl)ccn2)ccc1F. The van der Waals surface area contributed by atoms with E-state index in [2.05, 4.69) is 10.3 Å². The Balaban J connectivity index is 2.18. The highest BCUT2D eigenvalue weighted by molar-refractivity contribution is 6.30. The lowest BCUT2D eigenvalue weighted by Crippen LogP contribution is -2.13. The van der Waals surface area contributed by atoms with Crippen LogP contribution < -0.4 is 5.32 Å². The maximum Gasteiger partial charge on any atom is 0.274 e. The van der Waals surface area contributed by atoms with Gasteiger partial charge in [-0.05, 0) is 42.8 Å². The molecule has 0 atom stereocenters. The van der Waals surface area contributed by atoms with E-state index in [-0.39, 0.29) is 17.4 Å². The molecule has 1 aromatic heterocycles. The smallest absolute Gasteiger partial charge is 0.274 e. The second-order valence-electron chi connectivity index (χ2n) is 3.78. The number of pyridine rings is 1. The van der Waals surface area contributed by atoms with E-state index < -0.39 is 0 Å². The summed E-state index contributed by atoms with van der Waals surface area (Å²) >= 11 is 5.77. The summed E-state index contributed by atoms with van der Waals surface area (Å²) in [6.45, 7) is 1.63. The van der Waals surface area contributed by atoms with Gasteiger partial charge in [0.25, 0.3) is 5.91 Å². The van der Waals surface area contributed by atoms with E-state index >= 15 is 0 Å². The number of amides is 1. The molecule has 0 aliphatic rings. The van der Waals surface area contributed by atoms with Crippen LogP contribution in [-0.4, -0.2) is 10.9 Å². The number of nitrogens with zero attached hydrogens (tertiary/aromatic N) is 1. The van der Waals surface area contributed by atoms with Crippen LogP contribution in [0, 0.1) is 12.7 Å². The van der Waals surface area contributed by atoms with E-state index in [1.165, 1.54) is 24.4 Å². The molecule has 0 saturated heterocycles. The predicted molar refractivity (Wildman–Crippen MR) is 68.3 cm³/mol. The van der Waals surface area contributed by atoms with Gasteiger partial charge in [0.1, 0.15) is 11.5 Å². The molecule has 0 unspecified atom stereocenters. The van der Waals surface area contributed by atoms with Crippen LogP contribution in [-0.2, 0) is 0 Å². The van der Waals surface area contributed by atoms with Gasteiger partial charge in [0.15, 0.2) is 0 Å². The number of hydrogen-bond donors (Lipinski definition) is 1. The fourth-order valence-electron chi connectivity index (χ4n) is 1.45. The van der Waals surface area contributed by atoms with Crippen LogP contribution >= 0.6 is 11.6 Å². The van der Waals surface area contributed by atoms with E-state index in [0.717, 1.165) is 0 Å². The minimum atomic E-state index is -0.386. The Labute approximate surface area is 109 Å². The number of aryl methyl sites for hydroxylation is 1. The summed E-state index contributed by atoms with van der Waals surface area (Å²) in [4.78, 5) is 15.7. The van der Waals surface area contributed by atoms with Crippen molar-refractivity contribution in [2.45, 2.75) is 6.92 Å². The molecule has 92 valence electrons. The summed E-state index contributed by atoms with van der Waals surface area (Å²) < 4.78 is 13.1. The molecule has 3 nitrogen and oxygen atoms in total. The molecule has 0 saturated carbocycles. The molecule has 0 aliphatic carbocycles. The van der Waals surface area contributed by atoms with Gasteiger partial charge >= 0.3 is 0 Å². The van der Waals surface area contributed by atoms with Crippen molar-refractivity contribution in [3.8, 4) is 0 Å². The third-order valence-electron chi connectivity index (χ3n) is 2.37. The fourth-order valence-corrected chi connectivity index (χ4v) is 1.61. The van der Waals surface area contributed by atoms with Crippen LogP contribution in [0.2, 0.25) is 5.02 Å². The second kappa shape index (κ2) is 5.14. The van der Waals surface area contributed by atoms with Gasteiger partial charge in [-0.3, -0.25) is 9.78 Å². The minimum Gasteiger partial charge on any atom is -0.321 e. The molecule has 0 aliphatic heterocycles. The number of anilines is 1. The molecular weight excluding hydrogens is 255 g/mol. The van der Waals surface area contributed by atoms with Crippen molar-refractivity contribution in [3.05, 3.63) is 58.6 Å². The van der Waals surface area contributed by atoms with E-state index in [1.807, 2.05) is 0 Å². The van der Waals surface area contributed by atoms with Gasteiger partial charge in [-0.15, -0.1) is 0 Å². The Hall–Kier alpha value is -1.94. The van der Waals surface area contributed by atoms with Gasteiger partial charge in [-0.2, -0.15) is 0 Å². The van der Waals surface area contributed by atoms with Gasteiger partial charge in [-0.25, -0.2) is 4.39 Å². The summed E-state index contributed by atoms with van der Waals surface area (Å²) in [7, 11) is 0. The molecule has 1 N–H and O–H groups in total. The standard InChI is InChI=1S/C13H10ClFN2O/c1-8-6-10(2-3-11(8)15)17-13(18)12-7-9(14)4-5-16-12/h2-7H,1H3,(H,17,18). The highest BCUT2D eigenvalue weighted by Gasteiger charge is 2.08. The second-order valence-corrected chi connectivity index (χ2v) is 4.21. The Kier molecular flexibility index (Phi) is 3.58. The Morgan fingerprint density at radius 2 is 2.11 bits per heavy atom. The highest BCUT2D eigenvalue weighted by Crippen LogP contribution is 2.15. The number of nitrogens with one attached hydrogen (secondary N) is 1. The number of aromatic nitrogens is 1. The lowest BCUT2D eigenvalue weighted by Gasteiger charge is -2.06. The summed E-state index contributed by atoms with van der Waals surface area (Å²) in [6, 6.07) is 7.40. The quantitative estimate of drug-likeness (QED) is 0.903. The number of carbonyl (C=O) groups excluding carboxylic acids is 1. The van der Waals surface area contributed by atoms with Crippen LogP contribution in [0.4, 0.5) is 10.1 Å². The van der Waals surface area contributed by atoms with Crippen molar-refractivity contribution in [2.75, 3.05) is 5.32 Å². The van der Waals surface area contributed by atoms with Crippen LogP contribution in [0.1, 0.15) is 16.1 Å². The van der Waals surface area contributed by atoms with Gasteiger partial charge in [0, 0.05) is 16.9 Å². The third-order valence-corrected chi connectivity index (χ3v) is 2.61. The molecule has 2 aromatic rings. The predicted octanol–water partition coefficient (Wildman–Crippen LogP) is 3.43. The van der Waals surface area contributed by atoms with Gasteiger partial charge in [0.05, 0.1) is 0 Å².